The molecular formula is C13H22S2. The van der Waals surface area contributed by atoms with Gasteiger partial charge in [-0.15, -0.1) is 23.1 Å². The first kappa shape index (κ1) is 13.1. The van der Waals surface area contributed by atoms with Crippen molar-refractivity contribution in [2.75, 3.05) is 6.26 Å². The van der Waals surface area contributed by atoms with E-state index in [1.54, 1.807) is 0 Å². The van der Waals surface area contributed by atoms with Crippen molar-refractivity contribution in [2.24, 2.45) is 0 Å². The van der Waals surface area contributed by atoms with Crippen LogP contribution in [0.25, 0.3) is 0 Å². The molecule has 0 saturated carbocycles. The van der Waals surface area contributed by atoms with Crippen molar-refractivity contribution in [1.82, 2.24) is 0 Å². The summed E-state index contributed by atoms with van der Waals surface area (Å²) in [5.74, 6) is 0. The lowest BCUT2D eigenvalue weighted by molar-refractivity contribution is 0.593. The van der Waals surface area contributed by atoms with E-state index in [1.165, 1.54) is 14.6 Å². The highest BCUT2D eigenvalue weighted by atomic mass is 32.2. The second-order valence-corrected chi connectivity index (χ2v) is 7.91. The fourth-order valence-electron chi connectivity index (χ4n) is 1.42. The van der Waals surface area contributed by atoms with Crippen LogP contribution in [0, 0.1) is 0 Å². The molecule has 0 N–H and O–H groups in total. The molecule has 1 aromatic rings. The Kier molecular flexibility index (Phi) is 3.62. The number of thioether (sulfide) groups is 1. The summed E-state index contributed by atoms with van der Waals surface area (Å²) in [6, 6.07) is 2.37. The van der Waals surface area contributed by atoms with Crippen molar-refractivity contribution in [3.8, 4) is 0 Å². The van der Waals surface area contributed by atoms with Crippen molar-refractivity contribution in [1.29, 1.82) is 0 Å². The molecule has 1 aromatic heterocycles. The third kappa shape index (κ3) is 3.01. The average molecular weight is 242 g/mol. The van der Waals surface area contributed by atoms with Crippen LogP contribution in [0.1, 0.15) is 51.3 Å². The van der Waals surface area contributed by atoms with Gasteiger partial charge in [0.25, 0.3) is 0 Å². The van der Waals surface area contributed by atoms with E-state index in [0.717, 1.165) is 0 Å². The standard InChI is InChI=1S/C13H22S2/c1-12(2,3)10-8-9(14-7)11(15-10)13(4,5)6/h8H,1-7H3. The van der Waals surface area contributed by atoms with E-state index in [9.17, 15) is 0 Å². The molecule has 0 fully saturated rings. The smallest absolute Gasteiger partial charge is 0.0238 e. The molecular weight excluding hydrogens is 220 g/mol. The Labute approximate surface area is 102 Å². The predicted octanol–water partition coefficient (Wildman–Crippen LogP) is 5.07. The first-order chi connectivity index (χ1) is 6.66. The summed E-state index contributed by atoms with van der Waals surface area (Å²) >= 11 is 3.85. The van der Waals surface area contributed by atoms with E-state index in [0.29, 0.717) is 0 Å². The molecule has 0 saturated heterocycles. The summed E-state index contributed by atoms with van der Waals surface area (Å²) < 4.78 is 0. The largest absolute Gasteiger partial charge is 0.143 e. The van der Waals surface area contributed by atoms with Crippen LogP contribution >= 0.6 is 23.1 Å². The topological polar surface area (TPSA) is 0 Å². The van der Waals surface area contributed by atoms with Gasteiger partial charge < -0.3 is 0 Å². The Balaban J connectivity index is 3.24. The van der Waals surface area contributed by atoms with Crippen LogP contribution in [-0.2, 0) is 10.8 Å². The Hall–Kier alpha value is 0.0500. The lowest BCUT2D eigenvalue weighted by atomic mass is 9.93. The molecule has 0 aliphatic carbocycles. The van der Waals surface area contributed by atoms with Crippen LogP contribution in [0.5, 0.6) is 0 Å². The van der Waals surface area contributed by atoms with Gasteiger partial charge in [0, 0.05) is 14.6 Å². The highest BCUT2D eigenvalue weighted by Gasteiger charge is 2.25. The van der Waals surface area contributed by atoms with E-state index in [2.05, 4.69) is 53.9 Å². The molecule has 0 radical (unpaired) electrons. The SMILES string of the molecule is CSc1cc(C(C)(C)C)sc1C(C)(C)C. The fraction of sp³-hybridized carbons (Fsp3) is 0.692. The van der Waals surface area contributed by atoms with Gasteiger partial charge in [0.05, 0.1) is 0 Å². The Bertz CT molecular complexity index is 334. The minimum absolute atomic E-state index is 0.270. The third-order valence-corrected chi connectivity index (χ3v) is 5.22. The molecule has 0 bridgehead atoms. The maximum absolute atomic E-state index is 2.37. The molecule has 0 aliphatic heterocycles. The average Bonchev–Trinajstić information content (AvgIpc) is 2.44. The van der Waals surface area contributed by atoms with Crippen molar-refractivity contribution in [3.05, 3.63) is 15.8 Å². The molecule has 15 heavy (non-hydrogen) atoms. The zero-order chi connectivity index (χ0) is 11.9. The molecule has 1 rings (SSSR count). The van der Waals surface area contributed by atoms with Gasteiger partial charge >= 0.3 is 0 Å². The van der Waals surface area contributed by atoms with Crippen molar-refractivity contribution >= 4 is 23.1 Å². The molecule has 1 heterocycles. The van der Waals surface area contributed by atoms with Crippen LogP contribution in [-0.4, -0.2) is 6.26 Å². The Morgan fingerprint density at radius 3 is 1.80 bits per heavy atom. The van der Waals surface area contributed by atoms with E-state index >= 15 is 0 Å². The van der Waals surface area contributed by atoms with Gasteiger partial charge in [-0.3, -0.25) is 0 Å². The fourth-order valence-corrected chi connectivity index (χ4v) is 3.76. The number of rotatable bonds is 1. The molecule has 0 unspecified atom stereocenters. The lowest BCUT2D eigenvalue weighted by Gasteiger charge is -2.19. The van der Waals surface area contributed by atoms with Gasteiger partial charge in [0.2, 0.25) is 0 Å². The van der Waals surface area contributed by atoms with E-state index in [4.69, 9.17) is 0 Å². The van der Waals surface area contributed by atoms with Gasteiger partial charge in [0.15, 0.2) is 0 Å². The van der Waals surface area contributed by atoms with Crippen LogP contribution < -0.4 is 0 Å². The third-order valence-electron chi connectivity index (χ3n) is 2.34. The highest BCUT2D eigenvalue weighted by molar-refractivity contribution is 7.98. The zero-order valence-electron chi connectivity index (χ0n) is 10.9. The second-order valence-electron chi connectivity index (χ2n) is 6.01. The second kappa shape index (κ2) is 4.14. The van der Waals surface area contributed by atoms with Gasteiger partial charge in [0.1, 0.15) is 0 Å². The number of thiophene rings is 1. The maximum Gasteiger partial charge on any atom is 0.0238 e. The normalized spacial score (nSPS) is 13.3. The van der Waals surface area contributed by atoms with Crippen molar-refractivity contribution in [3.63, 3.8) is 0 Å². The van der Waals surface area contributed by atoms with Gasteiger partial charge in [-0.05, 0) is 23.2 Å². The minimum atomic E-state index is 0.270. The molecule has 0 aromatic carbocycles. The van der Waals surface area contributed by atoms with Crippen molar-refractivity contribution < 1.29 is 0 Å². The molecule has 0 amide bonds. The summed E-state index contributed by atoms with van der Waals surface area (Å²) in [5, 5.41) is 0. The van der Waals surface area contributed by atoms with Crippen molar-refractivity contribution in [2.45, 2.75) is 57.3 Å². The first-order valence-corrected chi connectivity index (χ1v) is 7.39. The van der Waals surface area contributed by atoms with Gasteiger partial charge in [-0.1, -0.05) is 41.5 Å². The first-order valence-electron chi connectivity index (χ1n) is 5.35. The maximum atomic E-state index is 2.37. The van der Waals surface area contributed by atoms with Crippen LogP contribution in [0.3, 0.4) is 0 Å². The number of hydrogen-bond acceptors (Lipinski definition) is 2. The minimum Gasteiger partial charge on any atom is -0.143 e. The molecule has 0 nitrogen and oxygen atoms in total. The highest BCUT2D eigenvalue weighted by Crippen LogP contribution is 2.42. The lowest BCUT2D eigenvalue weighted by Crippen LogP contribution is -2.10. The summed E-state index contributed by atoms with van der Waals surface area (Å²) in [6.45, 7) is 13.8. The molecule has 0 aliphatic rings. The van der Waals surface area contributed by atoms with E-state index in [-0.39, 0.29) is 10.8 Å². The van der Waals surface area contributed by atoms with Crippen LogP contribution in [0.15, 0.2) is 11.0 Å². The van der Waals surface area contributed by atoms with E-state index < -0.39 is 0 Å². The zero-order valence-corrected chi connectivity index (χ0v) is 12.5. The van der Waals surface area contributed by atoms with Crippen LogP contribution in [0.4, 0.5) is 0 Å². The molecule has 0 spiro atoms. The monoisotopic (exact) mass is 242 g/mol. The molecule has 0 atom stereocenters. The summed E-state index contributed by atoms with van der Waals surface area (Å²) in [4.78, 5) is 4.48. The molecule has 2 heteroatoms. The number of hydrogen-bond donors (Lipinski definition) is 0. The summed E-state index contributed by atoms with van der Waals surface area (Å²) in [7, 11) is 0. The summed E-state index contributed by atoms with van der Waals surface area (Å²) in [5.41, 5.74) is 0.547. The Morgan fingerprint density at radius 1 is 1.00 bits per heavy atom. The van der Waals surface area contributed by atoms with E-state index in [1.807, 2.05) is 23.1 Å². The van der Waals surface area contributed by atoms with Gasteiger partial charge in [-0.2, -0.15) is 0 Å². The Morgan fingerprint density at radius 2 is 1.53 bits per heavy atom. The van der Waals surface area contributed by atoms with Crippen LogP contribution in [0.2, 0.25) is 0 Å². The van der Waals surface area contributed by atoms with Gasteiger partial charge in [-0.25, -0.2) is 0 Å². The summed E-state index contributed by atoms with van der Waals surface area (Å²) in [6.07, 6.45) is 2.17. The predicted molar refractivity (Wildman–Crippen MR) is 73.5 cm³/mol. The quantitative estimate of drug-likeness (QED) is 0.620. The molecule has 86 valence electrons.